The molecule has 0 bridgehead atoms. The van der Waals surface area contributed by atoms with Gasteiger partial charge in [0, 0.05) is 18.2 Å². The van der Waals surface area contributed by atoms with Gasteiger partial charge in [-0.2, -0.15) is 0 Å². The average molecular weight is 363 g/mol. The Hall–Kier alpha value is -1.33. The van der Waals surface area contributed by atoms with Gasteiger partial charge < -0.3 is 29.7 Å². The lowest BCUT2D eigenvalue weighted by atomic mass is 10.1. The van der Waals surface area contributed by atoms with E-state index in [2.05, 4.69) is 4.98 Å². The summed E-state index contributed by atoms with van der Waals surface area (Å²) in [5.41, 5.74) is 2.42. The second-order valence-electron chi connectivity index (χ2n) is 5.77. The zero-order chi connectivity index (χ0) is 17.7. The Bertz CT molecular complexity index is 800. The fourth-order valence-corrected chi connectivity index (χ4v) is 3.56. The van der Waals surface area contributed by atoms with Crippen LogP contribution in [0.3, 0.4) is 0 Å². The van der Waals surface area contributed by atoms with E-state index in [1.54, 1.807) is 6.92 Å². The zero-order valence-electron chi connectivity index (χ0n) is 12.7. The second-order valence-corrected chi connectivity index (χ2v) is 7.54. The van der Waals surface area contributed by atoms with E-state index in [-0.39, 0.29) is 13.0 Å². The third kappa shape index (κ3) is 2.78. The van der Waals surface area contributed by atoms with E-state index in [9.17, 15) is 23.9 Å². The standard InChI is InChI=1S/C12H18N3O8P/c1-6-3-15(11(17)14-10(6)16)9-2-7-8(22-9)4-21-12(5-13,23-7)24(18,19)20/h3,7-9H,2,4-5,13H2,1H3,(H,14,16,17)(H2,18,19,20)/t7-,8-,9-,12+/m1/s1. The molecule has 0 aliphatic carbocycles. The maximum atomic E-state index is 11.9. The Kier molecular flexibility index (Phi) is 4.29. The molecule has 3 heterocycles. The van der Waals surface area contributed by atoms with Gasteiger partial charge in [-0.25, -0.2) is 4.79 Å². The fourth-order valence-electron chi connectivity index (χ4n) is 2.81. The van der Waals surface area contributed by atoms with Gasteiger partial charge in [-0.1, -0.05) is 0 Å². The van der Waals surface area contributed by atoms with Crippen molar-refractivity contribution >= 4 is 7.60 Å². The van der Waals surface area contributed by atoms with Crippen LogP contribution >= 0.6 is 7.60 Å². The lowest BCUT2D eigenvalue weighted by Crippen LogP contribution is -2.53. The van der Waals surface area contributed by atoms with Crippen molar-refractivity contribution in [2.24, 2.45) is 5.73 Å². The van der Waals surface area contributed by atoms with E-state index in [1.165, 1.54) is 10.8 Å². The van der Waals surface area contributed by atoms with Crippen molar-refractivity contribution in [1.29, 1.82) is 0 Å². The number of nitrogens with one attached hydrogen (secondary N) is 1. The minimum atomic E-state index is -4.78. The first kappa shape index (κ1) is 17.5. The van der Waals surface area contributed by atoms with Crippen LogP contribution < -0.4 is 17.0 Å². The number of ether oxygens (including phenoxy) is 3. The molecule has 1 aromatic heterocycles. The van der Waals surface area contributed by atoms with Gasteiger partial charge in [0.25, 0.3) is 11.1 Å². The predicted octanol–water partition coefficient (Wildman–Crippen LogP) is -1.66. The molecule has 5 N–H and O–H groups in total. The zero-order valence-corrected chi connectivity index (χ0v) is 13.6. The summed E-state index contributed by atoms with van der Waals surface area (Å²) in [5, 5.41) is 0. The Morgan fingerprint density at radius 1 is 1.46 bits per heavy atom. The molecule has 0 radical (unpaired) electrons. The van der Waals surface area contributed by atoms with Crippen molar-refractivity contribution in [3.63, 3.8) is 0 Å². The number of nitrogens with two attached hydrogens (primary N) is 1. The fraction of sp³-hybridized carbons (Fsp3) is 0.667. The molecule has 2 aliphatic heterocycles. The first-order valence-corrected chi connectivity index (χ1v) is 8.83. The largest absolute Gasteiger partial charge is 0.386 e. The van der Waals surface area contributed by atoms with Gasteiger partial charge in [-0.05, 0) is 6.92 Å². The number of H-pyrrole nitrogens is 1. The van der Waals surface area contributed by atoms with Crippen LogP contribution in [-0.2, 0) is 18.8 Å². The molecule has 0 amide bonds. The van der Waals surface area contributed by atoms with Crippen molar-refractivity contribution < 1.29 is 28.6 Å². The highest BCUT2D eigenvalue weighted by Gasteiger charge is 2.57. The molecular weight excluding hydrogens is 345 g/mol. The highest BCUT2D eigenvalue weighted by molar-refractivity contribution is 7.53. The Labute approximate surface area is 135 Å². The van der Waals surface area contributed by atoms with Gasteiger partial charge in [0.05, 0.1) is 19.3 Å². The van der Waals surface area contributed by atoms with E-state index < -0.39 is 49.4 Å². The summed E-state index contributed by atoms with van der Waals surface area (Å²) in [4.78, 5) is 44.5. The van der Waals surface area contributed by atoms with Crippen LogP contribution in [-0.4, -0.2) is 50.2 Å². The molecule has 2 saturated heterocycles. The number of nitrogens with zero attached hydrogens (tertiary/aromatic N) is 1. The summed E-state index contributed by atoms with van der Waals surface area (Å²) in [7, 11) is -4.78. The molecule has 2 aliphatic rings. The van der Waals surface area contributed by atoms with Crippen LogP contribution in [0, 0.1) is 6.92 Å². The molecule has 0 spiro atoms. The molecule has 11 nitrogen and oxygen atoms in total. The number of hydrogen-bond acceptors (Lipinski definition) is 7. The SMILES string of the molecule is Cc1cn([C@H]2C[C@H]3O[C@@](CN)(P(=O)(O)O)OC[C@H]3O2)c(=O)[nH]c1=O. The minimum Gasteiger partial charge on any atom is -0.349 e. The summed E-state index contributed by atoms with van der Waals surface area (Å²) in [6, 6.07) is 0. The highest BCUT2D eigenvalue weighted by Crippen LogP contribution is 2.55. The smallest absolute Gasteiger partial charge is 0.349 e. The van der Waals surface area contributed by atoms with Crippen molar-refractivity contribution in [2.45, 2.75) is 37.3 Å². The first-order valence-electron chi connectivity index (χ1n) is 7.22. The average Bonchev–Trinajstić information content (AvgIpc) is 2.91. The maximum absolute atomic E-state index is 11.9. The Morgan fingerprint density at radius 3 is 2.79 bits per heavy atom. The highest BCUT2D eigenvalue weighted by atomic mass is 31.2. The molecule has 3 rings (SSSR count). The second kappa shape index (κ2) is 5.88. The molecule has 134 valence electrons. The summed E-state index contributed by atoms with van der Waals surface area (Å²) in [5.74, 6) is 0. The van der Waals surface area contributed by atoms with Gasteiger partial charge in [-0.15, -0.1) is 0 Å². The topological polar surface area (TPSA) is 166 Å². The normalized spacial score (nSPS) is 33.4. The minimum absolute atomic E-state index is 0.138. The summed E-state index contributed by atoms with van der Waals surface area (Å²) < 4.78 is 29.1. The van der Waals surface area contributed by atoms with Gasteiger partial charge >= 0.3 is 13.3 Å². The summed E-state index contributed by atoms with van der Waals surface area (Å²) in [6.07, 6.45) is -0.555. The molecule has 0 unspecified atom stereocenters. The van der Waals surface area contributed by atoms with Gasteiger partial charge in [0.15, 0.2) is 0 Å². The third-order valence-electron chi connectivity index (χ3n) is 4.15. The van der Waals surface area contributed by atoms with Crippen LogP contribution in [0.5, 0.6) is 0 Å². The number of aromatic nitrogens is 2. The van der Waals surface area contributed by atoms with Crippen molar-refractivity contribution in [3.8, 4) is 0 Å². The lowest BCUT2D eigenvalue weighted by Gasteiger charge is -2.40. The number of aryl methyl sites for hydroxylation is 1. The summed E-state index contributed by atoms with van der Waals surface area (Å²) in [6.45, 7) is 0.882. The lowest BCUT2D eigenvalue weighted by molar-refractivity contribution is -0.269. The summed E-state index contributed by atoms with van der Waals surface area (Å²) >= 11 is 0. The molecule has 0 aromatic carbocycles. The molecular formula is C12H18N3O8P. The van der Waals surface area contributed by atoms with E-state index in [0.29, 0.717) is 5.56 Å². The monoisotopic (exact) mass is 363 g/mol. The van der Waals surface area contributed by atoms with E-state index in [0.717, 1.165) is 0 Å². The Morgan fingerprint density at radius 2 is 2.17 bits per heavy atom. The van der Waals surface area contributed by atoms with E-state index in [1.807, 2.05) is 0 Å². The first-order chi connectivity index (χ1) is 11.2. The van der Waals surface area contributed by atoms with Crippen LogP contribution in [0.4, 0.5) is 0 Å². The third-order valence-corrected chi connectivity index (χ3v) is 5.45. The maximum Gasteiger partial charge on any atom is 0.386 e. The van der Waals surface area contributed by atoms with E-state index in [4.69, 9.17) is 19.9 Å². The molecule has 4 atom stereocenters. The molecule has 0 saturated carbocycles. The van der Waals surface area contributed by atoms with Gasteiger partial charge in [0.1, 0.15) is 12.3 Å². The van der Waals surface area contributed by atoms with Gasteiger partial charge in [0.2, 0.25) is 0 Å². The van der Waals surface area contributed by atoms with Crippen LogP contribution in [0.25, 0.3) is 0 Å². The predicted molar refractivity (Wildman–Crippen MR) is 79.2 cm³/mol. The van der Waals surface area contributed by atoms with Crippen molar-refractivity contribution in [2.75, 3.05) is 13.2 Å². The quantitative estimate of drug-likeness (QED) is 0.460. The molecule has 2 fully saturated rings. The van der Waals surface area contributed by atoms with Crippen molar-refractivity contribution in [1.82, 2.24) is 9.55 Å². The molecule has 1 aromatic rings. The Balaban J connectivity index is 1.86. The van der Waals surface area contributed by atoms with Crippen LogP contribution in [0.2, 0.25) is 0 Å². The number of aromatic amines is 1. The number of rotatable bonds is 3. The van der Waals surface area contributed by atoms with Crippen LogP contribution in [0.15, 0.2) is 15.8 Å². The van der Waals surface area contributed by atoms with Gasteiger partial charge in [-0.3, -0.25) is 18.9 Å². The van der Waals surface area contributed by atoms with Crippen LogP contribution in [0.1, 0.15) is 18.2 Å². The number of fused-ring (bicyclic) bond motifs is 1. The molecule has 12 heteroatoms. The number of hydrogen-bond donors (Lipinski definition) is 4. The van der Waals surface area contributed by atoms with Crippen molar-refractivity contribution in [3.05, 3.63) is 32.6 Å². The van der Waals surface area contributed by atoms with E-state index >= 15 is 0 Å². The molecule has 24 heavy (non-hydrogen) atoms.